The Bertz CT molecular complexity index is 567. The Balaban J connectivity index is 2.10. The van der Waals surface area contributed by atoms with Gasteiger partial charge in [0.25, 0.3) is 0 Å². The molecule has 2 rings (SSSR count). The molecule has 0 saturated heterocycles. The summed E-state index contributed by atoms with van der Waals surface area (Å²) in [4.78, 5) is 4.25. The average Bonchev–Trinajstić information content (AvgIpc) is 2.47. The molecule has 0 bridgehead atoms. The van der Waals surface area contributed by atoms with Crippen LogP contribution in [0.2, 0.25) is 0 Å². The molecule has 0 spiro atoms. The van der Waals surface area contributed by atoms with E-state index in [2.05, 4.69) is 55.9 Å². The highest BCUT2D eigenvalue weighted by atomic mass is 79.9. The summed E-state index contributed by atoms with van der Waals surface area (Å²) in [5.41, 5.74) is 8.09. The van der Waals surface area contributed by atoms with Crippen LogP contribution >= 0.6 is 31.9 Å². The van der Waals surface area contributed by atoms with Crippen molar-refractivity contribution >= 4 is 31.9 Å². The van der Waals surface area contributed by atoms with Crippen molar-refractivity contribution in [3.8, 4) is 5.75 Å². The summed E-state index contributed by atoms with van der Waals surface area (Å²) in [7, 11) is 0. The molecule has 5 heteroatoms. The molecule has 0 fully saturated rings. The van der Waals surface area contributed by atoms with Crippen molar-refractivity contribution in [1.82, 2.24) is 4.98 Å². The van der Waals surface area contributed by atoms with Gasteiger partial charge >= 0.3 is 0 Å². The van der Waals surface area contributed by atoms with Crippen molar-refractivity contribution in [3.05, 3.63) is 56.7 Å². The van der Waals surface area contributed by atoms with E-state index in [0.717, 1.165) is 33.2 Å². The molecule has 0 radical (unpaired) electrons. The molecule has 1 unspecified atom stereocenters. The standard InChI is InChI=1S/C16H18Br2N2O/c1-2-12(19)7-11-8-14(17)16(15(18)9-11)21-10-13-5-3-4-6-20-13/h3-6,8-9,12H,2,7,10,19H2,1H3. The molecule has 0 aliphatic carbocycles. The average molecular weight is 414 g/mol. The van der Waals surface area contributed by atoms with E-state index in [0.29, 0.717) is 6.61 Å². The molecule has 0 aliphatic rings. The minimum atomic E-state index is 0.184. The van der Waals surface area contributed by atoms with Crippen LogP contribution in [0, 0.1) is 0 Å². The van der Waals surface area contributed by atoms with Crippen LogP contribution in [0.25, 0.3) is 0 Å². The van der Waals surface area contributed by atoms with Crippen LogP contribution in [0.15, 0.2) is 45.5 Å². The van der Waals surface area contributed by atoms with Crippen molar-refractivity contribution in [2.75, 3.05) is 0 Å². The van der Waals surface area contributed by atoms with E-state index in [-0.39, 0.29) is 6.04 Å². The van der Waals surface area contributed by atoms with Crippen LogP contribution in [-0.4, -0.2) is 11.0 Å². The predicted octanol–water partition coefficient (Wildman–Crippen LogP) is 4.47. The van der Waals surface area contributed by atoms with E-state index < -0.39 is 0 Å². The van der Waals surface area contributed by atoms with Crippen LogP contribution in [0.3, 0.4) is 0 Å². The molecule has 0 amide bonds. The Labute approximate surface area is 142 Å². The van der Waals surface area contributed by atoms with Crippen LogP contribution in [0.5, 0.6) is 5.75 Å². The maximum Gasteiger partial charge on any atom is 0.148 e. The third-order valence-electron chi connectivity index (χ3n) is 3.17. The van der Waals surface area contributed by atoms with Crippen LogP contribution in [0.4, 0.5) is 0 Å². The summed E-state index contributed by atoms with van der Waals surface area (Å²) < 4.78 is 7.70. The van der Waals surface area contributed by atoms with Crippen molar-refractivity contribution in [2.45, 2.75) is 32.4 Å². The molecule has 3 nitrogen and oxygen atoms in total. The van der Waals surface area contributed by atoms with Gasteiger partial charge in [0.2, 0.25) is 0 Å². The second kappa shape index (κ2) is 7.92. The Morgan fingerprint density at radius 1 is 1.24 bits per heavy atom. The number of ether oxygens (including phenoxy) is 1. The number of nitrogens with two attached hydrogens (primary N) is 1. The van der Waals surface area contributed by atoms with Gasteiger partial charge in [0.15, 0.2) is 0 Å². The molecule has 112 valence electrons. The molecule has 1 aromatic heterocycles. The molecule has 1 aromatic carbocycles. The molecular weight excluding hydrogens is 396 g/mol. The summed E-state index contributed by atoms with van der Waals surface area (Å²) in [6, 6.07) is 10.1. The summed E-state index contributed by atoms with van der Waals surface area (Å²) in [5.74, 6) is 0.787. The van der Waals surface area contributed by atoms with Crippen molar-refractivity contribution in [1.29, 1.82) is 0 Å². The second-order valence-corrected chi connectivity index (χ2v) is 6.58. The lowest BCUT2D eigenvalue weighted by atomic mass is 10.0. The van der Waals surface area contributed by atoms with Gasteiger partial charge in [-0.05, 0) is 74.5 Å². The zero-order valence-electron chi connectivity index (χ0n) is 11.9. The summed E-state index contributed by atoms with van der Waals surface area (Å²) >= 11 is 7.13. The van der Waals surface area contributed by atoms with Crippen molar-refractivity contribution in [3.63, 3.8) is 0 Å². The number of hydrogen-bond acceptors (Lipinski definition) is 3. The van der Waals surface area contributed by atoms with Crippen LogP contribution < -0.4 is 10.5 Å². The number of rotatable bonds is 6. The highest BCUT2D eigenvalue weighted by Gasteiger charge is 2.11. The first-order valence-electron chi connectivity index (χ1n) is 6.86. The number of aromatic nitrogens is 1. The monoisotopic (exact) mass is 412 g/mol. The molecule has 2 N–H and O–H groups in total. The predicted molar refractivity (Wildman–Crippen MR) is 92.4 cm³/mol. The molecule has 0 saturated carbocycles. The number of halogens is 2. The Kier molecular flexibility index (Phi) is 6.21. The zero-order chi connectivity index (χ0) is 15.2. The van der Waals surface area contributed by atoms with Gasteiger partial charge in [-0.1, -0.05) is 13.0 Å². The zero-order valence-corrected chi connectivity index (χ0v) is 15.0. The highest BCUT2D eigenvalue weighted by molar-refractivity contribution is 9.11. The normalized spacial score (nSPS) is 12.2. The van der Waals surface area contributed by atoms with Gasteiger partial charge in [0.05, 0.1) is 14.6 Å². The van der Waals surface area contributed by atoms with Crippen molar-refractivity contribution < 1.29 is 4.74 Å². The maximum absolute atomic E-state index is 6.01. The quantitative estimate of drug-likeness (QED) is 0.760. The topological polar surface area (TPSA) is 48.1 Å². The molecule has 1 heterocycles. The number of hydrogen-bond donors (Lipinski definition) is 1. The minimum Gasteiger partial charge on any atom is -0.485 e. The van der Waals surface area contributed by atoms with Gasteiger partial charge < -0.3 is 10.5 Å². The summed E-state index contributed by atoms with van der Waals surface area (Å²) in [5, 5.41) is 0. The Morgan fingerprint density at radius 3 is 2.52 bits per heavy atom. The van der Waals surface area contributed by atoms with Gasteiger partial charge in [-0.15, -0.1) is 0 Å². The fraction of sp³-hybridized carbons (Fsp3) is 0.312. The van der Waals surface area contributed by atoms with E-state index in [1.54, 1.807) is 6.20 Å². The third kappa shape index (κ3) is 4.80. The molecule has 1 atom stereocenters. The molecule has 2 aromatic rings. The summed E-state index contributed by atoms with van der Waals surface area (Å²) in [6.45, 7) is 2.53. The Hall–Kier alpha value is -0.910. The van der Waals surface area contributed by atoms with Crippen LogP contribution in [0.1, 0.15) is 24.6 Å². The smallest absolute Gasteiger partial charge is 0.148 e. The molecular formula is C16H18Br2N2O. The van der Waals surface area contributed by atoms with Crippen LogP contribution in [-0.2, 0) is 13.0 Å². The van der Waals surface area contributed by atoms with E-state index in [4.69, 9.17) is 10.5 Å². The van der Waals surface area contributed by atoms with Gasteiger partial charge in [-0.3, -0.25) is 4.98 Å². The van der Waals surface area contributed by atoms with E-state index in [1.165, 1.54) is 5.56 Å². The maximum atomic E-state index is 6.01. The molecule has 0 aliphatic heterocycles. The first-order chi connectivity index (χ1) is 10.1. The Morgan fingerprint density at radius 2 is 1.95 bits per heavy atom. The third-order valence-corrected chi connectivity index (χ3v) is 4.35. The van der Waals surface area contributed by atoms with Gasteiger partial charge in [0.1, 0.15) is 12.4 Å². The number of nitrogens with zero attached hydrogens (tertiary/aromatic N) is 1. The van der Waals surface area contributed by atoms with E-state index in [1.807, 2.05) is 18.2 Å². The highest BCUT2D eigenvalue weighted by Crippen LogP contribution is 2.35. The van der Waals surface area contributed by atoms with Gasteiger partial charge in [-0.25, -0.2) is 0 Å². The largest absolute Gasteiger partial charge is 0.485 e. The van der Waals surface area contributed by atoms with Gasteiger partial charge in [0, 0.05) is 12.2 Å². The van der Waals surface area contributed by atoms with E-state index in [9.17, 15) is 0 Å². The summed E-state index contributed by atoms with van der Waals surface area (Å²) in [6.07, 6.45) is 3.58. The first kappa shape index (κ1) is 16.5. The van der Waals surface area contributed by atoms with Gasteiger partial charge in [-0.2, -0.15) is 0 Å². The second-order valence-electron chi connectivity index (χ2n) is 4.87. The first-order valence-corrected chi connectivity index (χ1v) is 8.45. The lowest BCUT2D eigenvalue weighted by molar-refractivity contribution is 0.297. The molecule has 21 heavy (non-hydrogen) atoms. The van der Waals surface area contributed by atoms with E-state index >= 15 is 0 Å². The SMILES string of the molecule is CCC(N)Cc1cc(Br)c(OCc2ccccn2)c(Br)c1. The van der Waals surface area contributed by atoms with Crippen molar-refractivity contribution in [2.24, 2.45) is 5.73 Å². The number of pyridine rings is 1. The lowest BCUT2D eigenvalue weighted by Gasteiger charge is -2.14. The lowest BCUT2D eigenvalue weighted by Crippen LogP contribution is -2.21. The fourth-order valence-electron chi connectivity index (χ4n) is 1.94. The number of benzene rings is 1. The minimum absolute atomic E-state index is 0.184. The fourth-order valence-corrected chi connectivity index (χ4v) is 3.46.